The number of unbranched alkanes of at least 4 members (excludes halogenated alkanes) is 1. The summed E-state index contributed by atoms with van der Waals surface area (Å²) in [6, 6.07) is 6.91. The van der Waals surface area contributed by atoms with E-state index in [1.54, 1.807) is 36.3 Å². The van der Waals surface area contributed by atoms with Gasteiger partial charge in [0.05, 0.1) is 20.2 Å². The molecule has 150 valence electrons. The van der Waals surface area contributed by atoms with Crippen molar-refractivity contribution in [3.63, 3.8) is 0 Å². The van der Waals surface area contributed by atoms with Crippen LogP contribution < -0.4 is 15.4 Å². The van der Waals surface area contributed by atoms with Crippen LogP contribution in [0.15, 0.2) is 24.3 Å². The van der Waals surface area contributed by atoms with Crippen LogP contribution in [-0.2, 0) is 14.4 Å². The first-order valence-corrected chi connectivity index (χ1v) is 9.34. The van der Waals surface area contributed by atoms with Crippen LogP contribution in [0.5, 0.6) is 5.75 Å². The van der Waals surface area contributed by atoms with E-state index < -0.39 is 0 Å². The number of amides is 3. The topological polar surface area (TPSA) is 87.7 Å². The highest BCUT2D eigenvalue weighted by Crippen LogP contribution is 2.14. The van der Waals surface area contributed by atoms with Crippen molar-refractivity contribution in [2.75, 3.05) is 32.1 Å². The Morgan fingerprint density at radius 3 is 2.33 bits per heavy atom. The van der Waals surface area contributed by atoms with Crippen molar-refractivity contribution in [3.05, 3.63) is 24.3 Å². The Morgan fingerprint density at radius 1 is 1.11 bits per heavy atom. The van der Waals surface area contributed by atoms with Crippen molar-refractivity contribution >= 4 is 23.4 Å². The molecule has 0 aromatic heterocycles. The molecule has 0 fully saturated rings. The van der Waals surface area contributed by atoms with Gasteiger partial charge in [0.2, 0.25) is 17.7 Å². The van der Waals surface area contributed by atoms with Gasteiger partial charge < -0.3 is 20.3 Å². The summed E-state index contributed by atoms with van der Waals surface area (Å²) in [5, 5.41) is 5.27. The molecule has 0 aliphatic carbocycles. The maximum absolute atomic E-state index is 12.3. The predicted octanol–water partition coefficient (Wildman–Crippen LogP) is 2.42. The summed E-state index contributed by atoms with van der Waals surface area (Å²) in [5.74, 6) is 0.260. The summed E-state index contributed by atoms with van der Waals surface area (Å²) in [7, 11) is 1.57. The van der Waals surface area contributed by atoms with Crippen molar-refractivity contribution in [1.82, 2.24) is 10.2 Å². The molecule has 1 aromatic carbocycles. The summed E-state index contributed by atoms with van der Waals surface area (Å²) in [6.07, 6.45) is 2.17. The zero-order valence-corrected chi connectivity index (χ0v) is 16.7. The second-order valence-electron chi connectivity index (χ2n) is 6.83. The van der Waals surface area contributed by atoms with Crippen LogP contribution in [0.3, 0.4) is 0 Å². The molecule has 0 aliphatic heterocycles. The lowest BCUT2D eigenvalue weighted by molar-refractivity contribution is -0.136. The minimum Gasteiger partial charge on any atom is -0.497 e. The molecular weight excluding hydrogens is 346 g/mol. The fraction of sp³-hybridized carbons (Fsp3) is 0.550. The number of rotatable bonds is 11. The van der Waals surface area contributed by atoms with Gasteiger partial charge in [0.15, 0.2) is 0 Å². The number of anilines is 1. The summed E-state index contributed by atoms with van der Waals surface area (Å²) >= 11 is 0. The van der Waals surface area contributed by atoms with Gasteiger partial charge >= 0.3 is 0 Å². The van der Waals surface area contributed by atoms with Crippen LogP contribution in [0.25, 0.3) is 0 Å². The average Bonchev–Trinajstić information content (AvgIpc) is 2.64. The molecule has 2 N–H and O–H groups in total. The predicted molar refractivity (Wildman–Crippen MR) is 106 cm³/mol. The molecule has 27 heavy (non-hydrogen) atoms. The second kappa shape index (κ2) is 11.9. The number of ether oxygens (including phenoxy) is 1. The number of hydrogen-bond donors (Lipinski definition) is 2. The lowest BCUT2D eigenvalue weighted by atomic mass is 10.1. The molecule has 0 unspecified atom stereocenters. The molecule has 0 aliphatic rings. The molecule has 0 saturated heterocycles. The Balaban J connectivity index is 2.47. The van der Waals surface area contributed by atoms with E-state index >= 15 is 0 Å². The van der Waals surface area contributed by atoms with Crippen LogP contribution >= 0.6 is 0 Å². The van der Waals surface area contributed by atoms with Crippen molar-refractivity contribution in [2.24, 2.45) is 5.92 Å². The van der Waals surface area contributed by atoms with E-state index in [0.717, 1.165) is 12.8 Å². The standard InChI is InChI=1S/C20H31N3O4/c1-5-6-7-20(26)23(13-15(2)3)14-19(25)21-12-18(24)22-16-8-10-17(27-4)11-9-16/h8-11,15H,5-7,12-14H2,1-4H3,(H,21,25)(H,22,24). The Bertz CT molecular complexity index is 614. The highest BCUT2D eigenvalue weighted by molar-refractivity contribution is 5.95. The molecule has 0 heterocycles. The minimum absolute atomic E-state index is 0.0246. The lowest BCUT2D eigenvalue weighted by Gasteiger charge is -2.24. The summed E-state index contributed by atoms with van der Waals surface area (Å²) in [4.78, 5) is 38.0. The van der Waals surface area contributed by atoms with Crippen molar-refractivity contribution in [3.8, 4) is 5.75 Å². The second-order valence-corrected chi connectivity index (χ2v) is 6.83. The molecule has 1 rings (SSSR count). The van der Waals surface area contributed by atoms with Gasteiger partial charge in [-0.1, -0.05) is 27.2 Å². The monoisotopic (exact) mass is 377 g/mol. The van der Waals surface area contributed by atoms with Crippen LogP contribution in [-0.4, -0.2) is 49.4 Å². The molecule has 0 atom stereocenters. The lowest BCUT2D eigenvalue weighted by Crippen LogP contribution is -2.44. The number of hydrogen-bond acceptors (Lipinski definition) is 4. The third-order valence-electron chi connectivity index (χ3n) is 3.84. The van der Waals surface area contributed by atoms with E-state index in [2.05, 4.69) is 10.6 Å². The third kappa shape index (κ3) is 9.08. The maximum Gasteiger partial charge on any atom is 0.243 e. The molecule has 1 aromatic rings. The van der Waals surface area contributed by atoms with E-state index in [4.69, 9.17) is 4.74 Å². The fourth-order valence-electron chi connectivity index (χ4n) is 2.47. The van der Waals surface area contributed by atoms with Gasteiger partial charge in [0.25, 0.3) is 0 Å². The molecule has 0 bridgehead atoms. The fourth-order valence-corrected chi connectivity index (χ4v) is 2.47. The normalized spacial score (nSPS) is 10.4. The summed E-state index contributed by atoms with van der Waals surface area (Å²) in [6.45, 7) is 6.36. The van der Waals surface area contributed by atoms with Crippen LogP contribution in [0, 0.1) is 5.92 Å². The molecule has 0 saturated carbocycles. The van der Waals surface area contributed by atoms with E-state index in [1.807, 2.05) is 20.8 Å². The summed E-state index contributed by atoms with van der Waals surface area (Å²) < 4.78 is 5.06. The first-order chi connectivity index (χ1) is 12.8. The number of nitrogens with one attached hydrogen (secondary N) is 2. The van der Waals surface area contributed by atoms with Crippen LogP contribution in [0.2, 0.25) is 0 Å². The largest absolute Gasteiger partial charge is 0.497 e. The van der Waals surface area contributed by atoms with E-state index in [0.29, 0.717) is 24.4 Å². The van der Waals surface area contributed by atoms with E-state index in [-0.39, 0.29) is 36.7 Å². The van der Waals surface area contributed by atoms with E-state index in [9.17, 15) is 14.4 Å². The zero-order chi connectivity index (χ0) is 20.2. The molecule has 7 nitrogen and oxygen atoms in total. The van der Waals surface area contributed by atoms with Crippen LogP contribution in [0.4, 0.5) is 5.69 Å². The first-order valence-electron chi connectivity index (χ1n) is 9.34. The molecule has 3 amide bonds. The number of methoxy groups -OCH3 is 1. The number of nitrogens with zero attached hydrogens (tertiary/aromatic N) is 1. The molecule has 7 heteroatoms. The van der Waals surface area contributed by atoms with Gasteiger partial charge in [0.1, 0.15) is 5.75 Å². The Hall–Kier alpha value is -2.57. The highest BCUT2D eigenvalue weighted by atomic mass is 16.5. The number of benzene rings is 1. The smallest absolute Gasteiger partial charge is 0.243 e. The highest BCUT2D eigenvalue weighted by Gasteiger charge is 2.18. The molecule has 0 spiro atoms. The Kier molecular flexibility index (Phi) is 9.93. The van der Waals surface area contributed by atoms with Gasteiger partial charge in [-0.3, -0.25) is 14.4 Å². The van der Waals surface area contributed by atoms with Gasteiger partial charge in [-0.05, 0) is 36.6 Å². The molecule has 0 radical (unpaired) electrons. The molecular formula is C20H31N3O4. The van der Waals surface area contributed by atoms with Gasteiger partial charge in [-0.2, -0.15) is 0 Å². The third-order valence-corrected chi connectivity index (χ3v) is 3.84. The first kappa shape index (κ1) is 22.5. The van der Waals surface area contributed by atoms with Gasteiger partial charge in [-0.25, -0.2) is 0 Å². The van der Waals surface area contributed by atoms with E-state index in [1.165, 1.54) is 0 Å². The Morgan fingerprint density at radius 2 is 1.78 bits per heavy atom. The number of carbonyl (C=O) groups is 3. The van der Waals surface area contributed by atoms with Crippen molar-refractivity contribution < 1.29 is 19.1 Å². The Labute approximate surface area is 161 Å². The van der Waals surface area contributed by atoms with Gasteiger partial charge in [0, 0.05) is 18.7 Å². The summed E-state index contributed by atoms with van der Waals surface area (Å²) in [5.41, 5.74) is 0.617. The number of carbonyl (C=O) groups excluding carboxylic acids is 3. The zero-order valence-electron chi connectivity index (χ0n) is 16.7. The maximum atomic E-state index is 12.3. The van der Waals surface area contributed by atoms with Gasteiger partial charge in [-0.15, -0.1) is 0 Å². The van der Waals surface area contributed by atoms with Crippen molar-refractivity contribution in [1.29, 1.82) is 0 Å². The minimum atomic E-state index is -0.342. The quantitative estimate of drug-likeness (QED) is 0.620. The van der Waals surface area contributed by atoms with Crippen LogP contribution in [0.1, 0.15) is 40.0 Å². The van der Waals surface area contributed by atoms with Crippen molar-refractivity contribution in [2.45, 2.75) is 40.0 Å². The average molecular weight is 377 g/mol. The SMILES string of the molecule is CCCCC(=O)N(CC(=O)NCC(=O)Nc1ccc(OC)cc1)CC(C)C.